The lowest BCUT2D eigenvalue weighted by Gasteiger charge is -2.37. The minimum atomic E-state index is -1.10. The van der Waals surface area contributed by atoms with Crippen LogP contribution in [0.25, 0.3) is 0 Å². The van der Waals surface area contributed by atoms with Crippen molar-refractivity contribution in [3.63, 3.8) is 0 Å². The fraction of sp³-hybridized carbons (Fsp3) is 0.438. The number of carbonyl (C=O) groups is 1. The zero-order valence-corrected chi connectivity index (χ0v) is 11.1. The molecule has 0 spiro atoms. The Kier molecular flexibility index (Phi) is 3.05. The van der Waals surface area contributed by atoms with Crippen molar-refractivity contribution < 1.29 is 9.90 Å². The van der Waals surface area contributed by atoms with E-state index in [1.807, 2.05) is 6.07 Å². The normalized spacial score (nSPS) is 27.5. The van der Waals surface area contributed by atoms with Crippen molar-refractivity contribution >= 4 is 11.7 Å². The van der Waals surface area contributed by atoms with Gasteiger partial charge in [0.15, 0.2) is 0 Å². The van der Waals surface area contributed by atoms with Crippen LogP contribution in [0.2, 0.25) is 0 Å². The molecular weight excluding hydrogens is 238 g/mol. The highest BCUT2D eigenvalue weighted by atomic mass is 16.4. The lowest BCUT2D eigenvalue weighted by atomic mass is 9.77. The molecule has 3 nitrogen and oxygen atoms in total. The van der Waals surface area contributed by atoms with Crippen LogP contribution >= 0.6 is 0 Å². The summed E-state index contributed by atoms with van der Waals surface area (Å²) >= 11 is 0. The van der Waals surface area contributed by atoms with Gasteiger partial charge in [-0.25, -0.2) is 0 Å². The second-order valence-electron chi connectivity index (χ2n) is 5.48. The first-order valence-corrected chi connectivity index (χ1v) is 6.99. The number of fused-ring (bicyclic) bond motifs is 3. The van der Waals surface area contributed by atoms with Crippen LogP contribution in [-0.4, -0.2) is 12.0 Å². The Morgan fingerprint density at radius 3 is 3.05 bits per heavy atom. The van der Waals surface area contributed by atoms with Gasteiger partial charge >= 0.3 is 0 Å². The molecule has 0 amide bonds. The van der Waals surface area contributed by atoms with E-state index >= 15 is 0 Å². The first-order chi connectivity index (χ1) is 9.20. The Bertz CT molecular complexity index is 536. The quantitative estimate of drug-likeness (QED) is 0.844. The first-order valence-electron chi connectivity index (χ1n) is 6.99. The van der Waals surface area contributed by atoms with E-state index in [4.69, 9.17) is 0 Å². The monoisotopic (exact) mass is 256 g/mol. The molecule has 0 radical (unpaired) electrons. The van der Waals surface area contributed by atoms with E-state index in [9.17, 15) is 9.90 Å². The number of carbonyl (C=O) groups excluding carboxylic acids is 1. The van der Waals surface area contributed by atoms with Crippen molar-refractivity contribution in [2.24, 2.45) is 5.92 Å². The molecule has 0 saturated carbocycles. The van der Waals surface area contributed by atoms with Gasteiger partial charge in [-0.15, -0.1) is 0 Å². The zero-order valence-electron chi connectivity index (χ0n) is 11.1. The van der Waals surface area contributed by atoms with E-state index < -0.39 is 5.97 Å². The predicted molar refractivity (Wildman–Crippen MR) is 73.1 cm³/mol. The van der Waals surface area contributed by atoms with Gasteiger partial charge in [-0.05, 0) is 42.0 Å². The van der Waals surface area contributed by atoms with Gasteiger partial charge in [0, 0.05) is 17.6 Å². The van der Waals surface area contributed by atoms with Crippen molar-refractivity contribution in [3.05, 3.63) is 41.5 Å². The second-order valence-corrected chi connectivity index (χ2v) is 5.48. The molecule has 0 fully saturated rings. The third-order valence-electron chi connectivity index (χ3n) is 4.32. The highest BCUT2D eigenvalue weighted by molar-refractivity contribution is 5.87. The van der Waals surface area contributed by atoms with Crippen LogP contribution in [0.5, 0.6) is 0 Å². The lowest BCUT2D eigenvalue weighted by molar-refractivity contribution is -0.255. The third kappa shape index (κ3) is 2.03. The number of allylic oxidation sites excluding steroid dienone is 2. The number of aromatic carboxylic acids is 1. The predicted octanol–water partition coefficient (Wildman–Crippen LogP) is 2.30. The van der Waals surface area contributed by atoms with Crippen molar-refractivity contribution in [1.82, 2.24) is 0 Å². The van der Waals surface area contributed by atoms with Gasteiger partial charge in [-0.2, -0.15) is 0 Å². The molecule has 3 rings (SSSR count). The molecule has 19 heavy (non-hydrogen) atoms. The molecule has 100 valence electrons. The summed E-state index contributed by atoms with van der Waals surface area (Å²) in [6, 6.07) is 5.77. The Labute approximate surface area is 113 Å². The largest absolute Gasteiger partial charge is 0.545 e. The smallest absolute Gasteiger partial charge is 0.0715 e. The number of carboxylic acid groups (broad SMARTS) is 1. The molecule has 3 heteroatoms. The average Bonchev–Trinajstić information content (AvgIpc) is 2.88. The van der Waals surface area contributed by atoms with E-state index in [0.29, 0.717) is 17.9 Å². The lowest BCUT2D eigenvalue weighted by Crippen LogP contribution is -2.36. The molecule has 1 aromatic carbocycles. The van der Waals surface area contributed by atoms with Crippen LogP contribution in [0, 0.1) is 5.92 Å². The molecule has 1 N–H and O–H groups in total. The average molecular weight is 256 g/mol. The van der Waals surface area contributed by atoms with E-state index in [1.54, 1.807) is 12.1 Å². The number of carboxylic acids is 1. The summed E-state index contributed by atoms with van der Waals surface area (Å²) in [6.45, 7) is 2.20. The molecule has 2 aliphatic rings. The molecule has 1 aliphatic carbocycles. The summed E-state index contributed by atoms with van der Waals surface area (Å²) < 4.78 is 0. The topological polar surface area (TPSA) is 52.2 Å². The fourth-order valence-corrected chi connectivity index (χ4v) is 3.42. The van der Waals surface area contributed by atoms with Gasteiger partial charge in [0.2, 0.25) is 0 Å². The maximum absolute atomic E-state index is 11.0. The summed E-state index contributed by atoms with van der Waals surface area (Å²) in [5.41, 5.74) is 2.46. The summed E-state index contributed by atoms with van der Waals surface area (Å²) in [4.78, 5) is 11.0. The van der Waals surface area contributed by atoms with Gasteiger partial charge in [0.25, 0.3) is 0 Å². The Hall–Kier alpha value is -1.77. The van der Waals surface area contributed by atoms with Crippen LogP contribution in [0.15, 0.2) is 30.4 Å². The van der Waals surface area contributed by atoms with Crippen LogP contribution in [0.4, 0.5) is 5.69 Å². The van der Waals surface area contributed by atoms with Crippen molar-refractivity contribution in [2.75, 3.05) is 5.32 Å². The van der Waals surface area contributed by atoms with Gasteiger partial charge in [-0.1, -0.05) is 31.6 Å². The Morgan fingerprint density at radius 2 is 2.32 bits per heavy atom. The van der Waals surface area contributed by atoms with Crippen LogP contribution in [-0.2, 0) is 0 Å². The first kappa shape index (κ1) is 12.3. The number of hydrogen-bond donors (Lipinski definition) is 1. The van der Waals surface area contributed by atoms with Crippen molar-refractivity contribution in [1.29, 1.82) is 0 Å². The fourth-order valence-electron chi connectivity index (χ4n) is 3.42. The molecule has 0 saturated heterocycles. The van der Waals surface area contributed by atoms with Gasteiger partial charge in [-0.3, -0.25) is 0 Å². The number of benzene rings is 1. The van der Waals surface area contributed by atoms with Crippen LogP contribution in [0.1, 0.15) is 48.0 Å². The van der Waals surface area contributed by atoms with E-state index in [0.717, 1.165) is 30.5 Å². The Morgan fingerprint density at radius 1 is 1.47 bits per heavy atom. The van der Waals surface area contributed by atoms with Crippen LogP contribution < -0.4 is 10.4 Å². The van der Waals surface area contributed by atoms with Gasteiger partial charge in [0.1, 0.15) is 0 Å². The molecule has 1 aliphatic heterocycles. The summed E-state index contributed by atoms with van der Waals surface area (Å²) in [7, 11) is 0. The van der Waals surface area contributed by atoms with E-state index in [1.165, 1.54) is 0 Å². The van der Waals surface area contributed by atoms with Crippen molar-refractivity contribution in [3.8, 4) is 0 Å². The second kappa shape index (κ2) is 4.72. The standard InChI is InChI=1S/C16H19NO2/c1-2-4-14-12-6-3-5-11(12)13-9-10(16(18)19)7-8-15(13)17-14/h3,5,7-9,11-12,14,17H,2,4,6H2,1H3,(H,18,19)/p-1/t11-,12-,14+/m1/s1. The SMILES string of the molecule is CCC[C@@H]1Nc2ccc(C(=O)[O-])cc2[C@@H]2C=CC[C@@H]12. The molecule has 0 aromatic heterocycles. The highest BCUT2D eigenvalue weighted by Gasteiger charge is 2.36. The minimum Gasteiger partial charge on any atom is -0.545 e. The molecule has 3 atom stereocenters. The van der Waals surface area contributed by atoms with Crippen LogP contribution in [0.3, 0.4) is 0 Å². The maximum Gasteiger partial charge on any atom is 0.0715 e. The van der Waals surface area contributed by atoms with Gasteiger partial charge < -0.3 is 15.2 Å². The maximum atomic E-state index is 11.0. The number of anilines is 1. The molecule has 1 aromatic rings. The number of nitrogens with one attached hydrogen (secondary N) is 1. The number of hydrogen-bond acceptors (Lipinski definition) is 3. The minimum absolute atomic E-state index is 0.272. The van der Waals surface area contributed by atoms with E-state index in [-0.39, 0.29) is 5.56 Å². The highest BCUT2D eigenvalue weighted by Crippen LogP contribution is 2.45. The Balaban J connectivity index is 2.00. The summed E-state index contributed by atoms with van der Waals surface area (Å²) in [5, 5.41) is 14.6. The zero-order chi connectivity index (χ0) is 13.4. The molecule has 1 heterocycles. The molecule has 0 unspecified atom stereocenters. The van der Waals surface area contributed by atoms with Gasteiger partial charge in [0.05, 0.1) is 5.97 Å². The molecular formula is C16H18NO2-. The number of rotatable bonds is 3. The van der Waals surface area contributed by atoms with Crippen molar-refractivity contribution in [2.45, 2.75) is 38.1 Å². The summed E-state index contributed by atoms with van der Waals surface area (Å²) in [6.07, 6.45) is 7.85. The summed E-state index contributed by atoms with van der Waals surface area (Å²) in [5.74, 6) is -0.187. The van der Waals surface area contributed by atoms with E-state index in [2.05, 4.69) is 24.4 Å². The third-order valence-corrected chi connectivity index (χ3v) is 4.32. The molecule has 0 bridgehead atoms.